The normalized spacial score (nSPS) is 18.1. The number of halogens is 3. The summed E-state index contributed by atoms with van der Waals surface area (Å²) in [4.78, 5) is 9.92. The van der Waals surface area contributed by atoms with Gasteiger partial charge in [0.2, 0.25) is 5.60 Å². The maximum Gasteiger partial charge on any atom is 0.423 e. The Balaban J connectivity index is 4.57. The number of carbonyl (C=O) groups excluding carboxylic acids is 1. The lowest BCUT2D eigenvalue weighted by Gasteiger charge is -2.23. The minimum absolute atomic E-state index is 0.301. The van der Waals surface area contributed by atoms with Gasteiger partial charge in [0.15, 0.2) is 7.85 Å². The zero-order chi connectivity index (χ0) is 8.58. The Morgan fingerprint density at radius 2 is 1.80 bits per heavy atom. The van der Waals surface area contributed by atoms with Crippen molar-refractivity contribution in [2.75, 3.05) is 0 Å². The predicted octanol–water partition coefficient (Wildman–Crippen LogP) is -0.00520. The highest BCUT2D eigenvalue weighted by atomic mass is 19.4. The van der Waals surface area contributed by atoms with Gasteiger partial charge in [-0.05, 0) is 6.92 Å². The van der Waals surface area contributed by atoms with E-state index in [1.165, 1.54) is 0 Å². The number of hydrogen-bond donors (Lipinski definition) is 1. The number of carbonyl (C=O) groups is 1. The lowest BCUT2D eigenvalue weighted by Crippen LogP contribution is -2.49. The van der Waals surface area contributed by atoms with Gasteiger partial charge in [-0.1, -0.05) is 0 Å². The highest BCUT2D eigenvalue weighted by molar-refractivity contribution is 6.59. The summed E-state index contributed by atoms with van der Waals surface area (Å²) in [7, 11) is 4.25. The van der Waals surface area contributed by atoms with Crippen LogP contribution in [0.3, 0.4) is 0 Å². The van der Waals surface area contributed by atoms with Crippen molar-refractivity contribution in [3.63, 3.8) is 0 Å². The molecule has 0 spiro atoms. The molecule has 0 aromatic rings. The van der Waals surface area contributed by atoms with Gasteiger partial charge in [0.05, 0.1) is 0 Å². The maximum absolute atomic E-state index is 11.5. The fraction of sp³-hybridized carbons (Fsp3) is 0.750. The van der Waals surface area contributed by atoms with Crippen molar-refractivity contribution < 1.29 is 23.1 Å². The van der Waals surface area contributed by atoms with Gasteiger partial charge in [0, 0.05) is 0 Å². The zero-order valence-electron chi connectivity index (χ0n) is 5.07. The van der Waals surface area contributed by atoms with Crippen molar-refractivity contribution in [1.82, 2.24) is 0 Å². The van der Waals surface area contributed by atoms with E-state index in [0.29, 0.717) is 6.92 Å². The average Bonchev–Trinajstić information content (AvgIpc) is 1.62. The predicted molar refractivity (Wildman–Crippen MR) is 27.4 cm³/mol. The molecule has 0 aliphatic heterocycles. The zero-order valence-corrected chi connectivity index (χ0v) is 5.07. The molecule has 0 aliphatic carbocycles. The van der Waals surface area contributed by atoms with Gasteiger partial charge >= 0.3 is 6.18 Å². The van der Waals surface area contributed by atoms with E-state index in [1.807, 2.05) is 0 Å². The quantitative estimate of drug-likeness (QED) is 0.536. The summed E-state index contributed by atoms with van der Waals surface area (Å²) in [5.74, 6) is 0. The molecular weight excluding hydrogens is 148 g/mol. The smallest absolute Gasteiger partial charge is 0.375 e. The molecule has 1 unspecified atom stereocenters. The molecule has 0 saturated carbocycles. The molecule has 1 atom stereocenters. The highest BCUT2D eigenvalue weighted by Crippen LogP contribution is 2.29. The van der Waals surface area contributed by atoms with E-state index in [9.17, 15) is 18.0 Å². The molecule has 2 radical (unpaired) electrons. The van der Waals surface area contributed by atoms with Gasteiger partial charge in [0.1, 0.15) is 5.68 Å². The molecule has 0 bridgehead atoms. The first-order valence-electron chi connectivity index (χ1n) is 2.28. The maximum atomic E-state index is 11.5. The second-order valence-corrected chi connectivity index (χ2v) is 1.93. The molecular formula is C4H4BF3O2. The topological polar surface area (TPSA) is 37.3 Å². The summed E-state index contributed by atoms with van der Waals surface area (Å²) in [5.41, 5.74) is -5.23. The van der Waals surface area contributed by atoms with Crippen LogP contribution in [-0.2, 0) is 4.79 Å². The van der Waals surface area contributed by atoms with Gasteiger partial charge in [0.25, 0.3) is 0 Å². The minimum Gasteiger partial charge on any atom is -0.375 e. The summed E-state index contributed by atoms with van der Waals surface area (Å²) in [6, 6.07) is 0. The SMILES string of the molecule is [B]C(=O)C(C)(O)C(F)(F)F. The molecule has 0 saturated heterocycles. The fourth-order valence-corrected chi connectivity index (χ4v) is 0.140. The standard InChI is InChI=1S/C4H4BF3O2/c1-3(10,2(5)9)4(6,7)8/h10H,1H3. The first-order chi connectivity index (χ1) is 4.19. The molecule has 0 aliphatic rings. The monoisotopic (exact) mass is 152 g/mol. The summed E-state index contributed by atoms with van der Waals surface area (Å²) in [5, 5.41) is 8.33. The van der Waals surface area contributed by atoms with Gasteiger partial charge in [-0.25, -0.2) is 0 Å². The van der Waals surface area contributed by atoms with Crippen molar-refractivity contribution in [3.05, 3.63) is 0 Å². The van der Waals surface area contributed by atoms with Crippen molar-refractivity contribution >= 4 is 13.5 Å². The summed E-state index contributed by atoms with van der Waals surface area (Å²) >= 11 is 0. The number of rotatable bonds is 1. The van der Waals surface area contributed by atoms with Gasteiger partial charge in [-0.2, -0.15) is 13.2 Å². The molecule has 2 nitrogen and oxygen atoms in total. The number of aliphatic hydroxyl groups is 1. The Morgan fingerprint density at radius 1 is 1.50 bits per heavy atom. The second kappa shape index (κ2) is 2.27. The fourth-order valence-electron chi connectivity index (χ4n) is 0.140. The van der Waals surface area contributed by atoms with Crippen LogP contribution in [0.25, 0.3) is 0 Å². The van der Waals surface area contributed by atoms with Gasteiger partial charge < -0.3 is 9.90 Å². The van der Waals surface area contributed by atoms with E-state index in [2.05, 4.69) is 7.85 Å². The largest absolute Gasteiger partial charge is 0.423 e. The molecule has 10 heavy (non-hydrogen) atoms. The van der Waals surface area contributed by atoms with Crippen molar-refractivity contribution in [2.45, 2.75) is 18.7 Å². The minimum atomic E-state index is -5.00. The number of alkyl halides is 3. The van der Waals surface area contributed by atoms with Crippen LogP contribution in [0.4, 0.5) is 13.2 Å². The van der Waals surface area contributed by atoms with Crippen LogP contribution in [0, 0.1) is 0 Å². The number of hydrogen-bond acceptors (Lipinski definition) is 2. The summed E-state index contributed by atoms with van der Waals surface area (Å²) in [6.45, 7) is 0.301. The first kappa shape index (κ1) is 9.48. The Kier molecular flexibility index (Phi) is 2.15. The van der Waals surface area contributed by atoms with Crippen molar-refractivity contribution in [1.29, 1.82) is 0 Å². The van der Waals surface area contributed by atoms with Crippen LogP contribution in [0.5, 0.6) is 0 Å². The van der Waals surface area contributed by atoms with E-state index in [-0.39, 0.29) is 0 Å². The molecule has 0 aromatic heterocycles. The van der Waals surface area contributed by atoms with Crippen LogP contribution in [-0.4, -0.2) is 30.4 Å². The van der Waals surface area contributed by atoms with Crippen LogP contribution < -0.4 is 0 Å². The summed E-state index contributed by atoms with van der Waals surface area (Å²) in [6.07, 6.45) is -5.00. The van der Waals surface area contributed by atoms with Gasteiger partial charge in [-0.15, -0.1) is 0 Å². The molecule has 56 valence electrons. The van der Waals surface area contributed by atoms with Crippen LogP contribution in [0.15, 0.2) is 0 Å². The third kappa shape index (κ3) is 1.50. The molecule has 6 heteroatoms. The lowest BCUT2D eigenvalue weighted by molar-refractivity contribution is -0.240. The molecule has 0 amide bonds. The van der Waals surface area contributed by atoms with Crippen molar-refractivity contribution in [2.24, 2.45) is 0 Å². The van der Waals surface area contributed by atoms with Crippen LogP contribution >= 0.6 is 0 Å². The third-order valence-corrected chi connectivity index (χ3v) is 1.03. The Labute approximate surface area is 56.4 Å². The molecule has 0 fully saturated rings. The average molecular weight is 152 g/mol. The van der Waals surface area contributed by atoms with E-state index < -0.39 is 17.5 Å². The van der Waals surface area contributed by atoms with E-state index in [0.717, 1.165) is 0 Å². The Morgan fingerprint density at radius 3 is 1.80 bits per heavy atom. The third-order valence-electron chi connectivity index (χ3n) is 1.03. The van der Waals surface area contributed by atoms with Gasteiger partial charge in [-0.3, -0.25) is 0 Å². The first-order valence-corrected chi connectivity index (χ1v) is 2.28. The second-order valence-electron chi connectivity index (χ2n) is 1.93. The van der Waals surface area contributed by atoms with E-state index >= 15 is 0 Å². The lowest BCUT2D eigenvalue weighted by atomic mass is 9.86. The Hall–Kier alpha value is -0.515. The molecule has 1 N–H and O–H groups in total. The van der Waals surface area contributed by atoms with Crippen molar-refractivity contribution in [3.8, 4) is 0 Å². The Bertz CT molecular complexity index is 151. The van der Waals surface area contributed by atoms with Crippen LogP contribution in [0.1, 0.15) is 6.92 Å². The molecule has 0 rings (SSSR count). The van der Waals surface area contributed by atoms with E-state index in [1.54, 1.807) is 0 Å². The summed E-state index contributed by atoms with van der Waals surface area (Å²) < 4.78 is 34.6. The molecule has 0 aromatic carbocycles. The highest BCUT2D eigenvalue weighted by Gasteiger charge is 2.52. The van der Waals surface area contributed by atoms with Crippen LogP contribution in [0.2, 0.25) is 0 Å². The van der Waals surface area contributed by atoms with E-state index in [4.69, 9.17) is 5.11 Å². The molecule has 0 heterocycles.